The van der Waals surface area contributed by atoms with Gasteiger partial charge in [0.15, 0.2) is 0 Å². The smallest absolute Gasteiger partial charge is 0.313 e. The minimum absolute atomic E-state index is 0.00431. The summed E-state index contributed by atoms with van der Waals surface area (Å²) in [5.74, 6) is 1.05. The predicted molar refractivity (Wildman–Crippen MR) is 69.4 cm³/mol. The molecule has 2 aromatic rings. The lowest BCUT2D eigenvalue weighted by Gasteiger charge is -2.05. The largest absolute Gasteiger partial charge is 0.419 e. The van der Waals surface area contributed by atoms with Gasteiger partial charge >= 0.3 is 5.69 Å². The molecule has 88 valence electrons. The van der Waals surface area contributed by atoms with Crippen LogP contribution >= 0.6 is 12.0 Å². The summed E-state index contributed by atoms with van der Waals surface area (Å²) in [6.45, 7) is 1.93. The van der Waals surface area contributed by atoms with Crippen LogP contribution in [0.3, 0.4) is 0 Å². The van der Waals surface area contributed by atoms with E-state index in [0.717, 1.165) is 16.5 Å². The van der Waals surface area contributed by atoms with E-state index in [1.165, 1.54) is 12.0 Å². The van der Waals surface area contributed by atoms with E-state index in [9.17, 15) is 10.1 Å². The highest BCUT2D eigenvalue weighted by Gasteiger charge is 2.16. The summed E-state index contributed by atoms with van der Waals surface area (Å²) in [5.41, 5.74) is 0.00431. The number of nitrogens with zero attached hydrogens (tertiary/aromatic N) is 1. The third-order valence-electron chi connectivity index (χ3n) is 2.29. The highest BCUT2D eigenvalue weighted by molar-refractivity contribution is 7.94. The zero-order chi connectivity index (χ0) is 12.3. The Kier molecular flexibility index (Phi) is 3.49. The second-order valence-electron chi connectivity index (χ2n) is 3.41. The minimum Gasteiger partial charge on any atom is -0.419 e. The van der Waals surface area contributed by atoms with Crippen LogP contribution in [0.4, 0.5) is 5.69 Å². The van der Waals surface area contributed by atoms with Gasteiger partial charge < -0.3 is 4.18 Å². The van der Waals surface area contributed by atoms with Crippen LogP contribution in [-0.4, -0.2) is 10.7 Å². The van der Waals surface area contributed by atoms with Crippen molar-refractivity contribution < 1.29 is 9.11 Å². The summed E-state index contributed by atoms with van der Waals surface area (Å²) in [6.07, 6.45) is 0. The maximum absolute atomic E-state index is 10.9. The highest BCUT2D eigenvalue weighted by atomic mass is 32.2. The molecule has 0 unspecified atom stereocenters. The average molecular weight is 249 g/mol. The Morgan fingerprint density at radius 2 is 1.94 bits per heavy atom. The lowest BCUT2D eigenvalue weighted by atomic mass is 10.1. The van der Waals surface area contributed by atoms with Crippen LogP contribution in [0.15, 0.2) is 36.4 Å². The minimum atomic E-state index is -0.419. The summed E-state index contributed by atoms with van der Waals surface area (Å²) in [7, 11) is 0. The molecule has 0 saturated carbocycles. The summed E-state index contributed by atoms with van der Waals surface area (Å²) in [6, 6.07) is 10.7. The van der Waals surface area contributed by atoms with Crippen LogP contribution < -0.4 is 4.18 Å². The van der Waals surface area contributed by atoms with E-state index in [2.05, 4.69) is 0 Å². The monoisotopic (exact) mass is 249 g/mol. The van der Waals surface area contributed by atoms with Crippen LogP contribution in [0, 0.1) is 10.1 Å². The van der Waals surface area contributed by atoms with Crippen molar-refractivity contribution in [3.8, 4) is 5.75 Å². The molecule has 0 amide bonds. The van der Waals surface area contributed by atoms with E-state index in [-0.39, 0.29) is 5.69 Å². The van der Waals surface area contributed by atoms with Gasteiger partial charge in [-0.15, -0.1) is 0 Å². The molecule has 2 rings (SSSR count). The molecule has 17 heavy (non-hydrogen) atoms. The van der Waals surface area contributed by atoms with Crippen LogP contribution in [-0.2, 0) is 0 Å². The average Bonchev–Trinajstić information content (AvgIpc) is 2.35. The van der Waals surface area contributed by atoms with Crippen molar-refractivity contribution in [2.75, 3.05) is 5.75 Å². The molecule has 0 radical (unpaired) electrons. The SMILES string of the molecule is CCSOc1cc2ccccc2cc1[N+](=O)[O-]. The first-order valence-corrected chi connectivity index (χ1v) is 6.10. The lowest BCUT2D eigenvalue weighted by Crippen LogP contribution is -1.93. The molecule has 0 aliphatic heterocycles. The molecule has 0 aliphatic rings. The molecule has 5 heteroatoms. The third kappa shape index (κ3) is 2.50. The van der Waals surface area contributed by atoms with E-state index >= 15 is 0 Å². The number of benzene rings is 2. The fourth-order valence-corrected chi connectivity index (χ4v) is 1.92. The first-order chi connectivity index (χ1) is 8.22. The molecule has 0 spiro atoms. The molecule has 0 heterocycles. The van der Waals surface area contributed by atoms with Crippen LogP contribution in [0.5, 0.6) is 5.75 Å². The number of hydrogen-bond acceptors (Lipinski definition) is 4. The Morgan fingerprint density at radius 1 is 1.29 bits per heavy atom. The van der Waals surface area contributed by atoms with Crippen LogP contribution in [0.25, 0.3) is 10.8 Å². The van der Waals surface area contributed by atoms with Gasteiger partial charge in [-0.2, -0.15) is 0 Å². The third-order valence-corrected chi connectivity index (χ3v) is 2.82. The zero-order valence-electron chi connectivity index (χ0n) is 9.25. The molecule has 0 aromatic heterocycles. The maximum Gasteiger partial charge on any atom is 0.313 e. The standard InChI is InChI=1S/C12H11NO3S/c1-2-17-16-12-8-10-6-4-3-5-9(10)7-11(12)13(14)15/h3-8H,2H2,1H3. The fourth-order valence-electron chi connectivity index (χ4n) is 1.54. The summed E-state index contributed by atoms with van der Waals surface area (Å²) in [4.78, 5) is 10.5. The van der Waals surface area contributed by atoms with Crippen molar-refractivity contribution in [3.05, 3.63) is 46.5 Å². The van der Waals surface area contributed by atoms with Crippen LogP contribution in [0.1, 0.15) is 6.92 Å². The Morgan fingerprint density at radius 3 is 2.53 bits per heavy atom. The van der Waals surface area contributed by atoms with Gasteiger partial charge in [-0.25, -0.2) is 0 Å². The van der Waals surface area contributed by atoms with Crippen molar-refractivity contribution in [2.45, 2.75) is 6.92 Å². The van der Waals surface area contributed by atoms with E-state index in [1.807, 2.05) is 31.2 Å². The molecule has 0 bridgehead atoms. The van der Waals surface area contributed by atoms with Crippen molar-refractivity contribution in [1.29, 1.82) is 0 Å². The van der Waals surface area contributed by atoms with Crippen molar-refractivity contribution in [1.82, 2.24) is 0 Å². The second kappa shape index (κ2) is 5.05. The van der Waals surface area contributed by atoms with Gasteiger partial charge in [-0.1, -0.05) is 31.2 Å². The molecule has 0 atom stereocenters. The van der Waals surface area contributed by atoms with Gasteiger partial charge in [0.1, 0.15) is 0 Å². The molecule has 0 fully saturated rings. The summed E-state index contributed by atoms with van der Waals surface area (Å²) >= 11 is 1.20. The van der Waals surface area contributed by atoms with E-state index in [4.69, 9.17) is 4.18 Å². The molecule has 4 nitrogen and oxygen atoms in total. The molecule has 0 aliphatic carbocycles. The van der Waals surface area contributed by atoms with Gasteiger partial charge in [0, 0.05) is 11.8 Å². The number of hydrogen-bond donors (Lipinski definition) is 0. The van der Waals surface area contributed by atoms with Gasteiger partial charge in [0.05, 0.1) is 17.0 Å². The number of rotatable bonds is 4. The topological polar surface area (TPSA) is 52.4 Å². The highest BCUT2D eigenvalue weighted by Crippen LogP contribution is 2.33. The zero-order valence-corrected chi connectivity index (χ0v) is 10.1. The quantitative estimate of drug-likeness (QED) is 0.470. The Balaban J connectivity index is 2.54. The number of fused-ring (bicyclic) bond motifs is 1. The first kappa shape index (κ1) is 11.7. The Hall–Kier alpha value is -1.75. The molecule has 2 aromatic carbocycles. The summed E-state index contributed by atoms with van der Waals surface area (Å²) < 4.78 is 5.33. The van der Waals surface area contributed by atoms with Gasteiger partial charge in [0.2, 0.25) is 5.75 Å². The Labute approximate surface area is 103 Å². The van der Waals surface area contributed by atoms with Crippen molar-refractivity contribution in [3.63, 3.8) is 0 Å². The van der Waals surface area contributed by atoms with E-state index in [0.29, 0.717) is 5.75 Å². The van der Waals surface area contributed by atoms with Crippen molar-refractivity contribution in [2.24, 2.45) is 0 Å². The van der Waals surface area contributed by atoms with Crippen molar-refractivity contribution >= 4 is 28.5 Å². The predicted octanol–water partition coefficient (Wildman–Crippen LogP) is 3.79. The lowest BCUT2D eigenvalue weighted by molar-refractivity contribution is -0.385. The van der Waals surface area contributed by atoms with Crippen LogP contribution in [0.2, 0.25) is 0 Å². The number of nitro groups is 1. The van der Waals surface area contributed by atoms with E-state index in [1.54, 1.807) is 12.1 Å². The molecule has 0 N–H and O–H groups in total. The van der Waals surface area contributed by atoms with Gasteiger partial charge in [0.25, 0.3) is 0 Å². The van der Waals surface area contributed by atoms with Gasteiger partial charge in [-0.3, -0.25) is 10.1 Å². The second-order valence-corrected chi connectivity index (χ2v) is 4.39. The molecule has 0 saturated heterocycles. The number of nitro benzene ring substituents is 1. The first-order valence-electron chi connectivity index (χ1n) is 5.19. The fraction of sp³-hybridized carbons (Fsp3) is 0.167. The Bertz CT molecular complexity index is 556. The van der Waals surface area contributed by atoms with E-state index < -0.39 is 4.92 Å². The normalized spacial score (nSPS) is 10.4. The van der Waals surface area contributed by atoms with Gasteiger partial charge in [-0.05, 0) is 16.8 Å². The molecular formula is C12H11NO3S. The maximum atomic E-state index is 10.9. The molecular weight excluding hydrogens is 238 g/mol. The summed E-state index contributed by atoms with van der Waals surface area (Å²) in [5, 5.41) is 12.7.